The van der Waals surface area contributed by atoms with Crippen LogP contribution < -0.4 is 0 Å². The van der Waals surface area contributed by atoms with Crippen molar-refractivity contribution in [1.29, 1.82) is 0 Å². The van der Waals surface area contributed by atoms with Crippen molar-refractivity contribution in [3.05, 3.63) is 145 Å². The van der Waals surface area contributed by atoms with E-state index in [-0.39, 0.29) is 0 Å². The highest BCUT2D eigenvalue weighted by molar-refractivity contribution is 7.26. The molecular weight excluding hydrogens is 603 g/mol. The Morgan fingerprint density at radius 1 is 0.562 bits per heavy atom. The molecule has 224 valence electrons. The van der Waals surface area contributed by atoms with E-state index < -0.39 is 0 Å². The van der Waals surface area contributed by atoms with E-state index in [1.165, 1.54) is 63.7 Å². The van der Waals surface area contributed by atoms with Gasteiger partial charge in [-0.1, -0.05) is 127 Å². The van der Waals surface area contributed by atoms with Crippen molar-refractivity contribution >= 4 is 91.8 Å². The summed E-state index contributed by atoms with van der Waals surface area (Å²) in [6.07, 6.45) is 6.76. The van der Waals surface area contributed by atoms with Gasteiger partial charge in [0.15, 0.2) is 0 Å². The van der Waals surface area contributed by atoms with Gasteiger partial charge in [-0.3, -0.25) is 4.57 Å². The molecule has 0 atom stereocenters. The van der Waals surface area contributed by atoms with Gasteiger partial charge in [0.25, 0.3) is 0 Å². The summed E-state index contributed by atoms with van der Waals surface area (Å²) in [6, 6.07) is 45.7. The first-order chi connectivity index (χ1) is 23.8. The first-order valence-electron chi connectivity index (χ1n) is 16.6. The number of aromatic nitrogens is 3. The second-order valence-corrected chi connectivity index (χ2v) is 13.8. The van der Waals surface area contributed by atoms with E-state index in [1.54, 1.807) is 0 Å². The molecule has 3 heterocycles. The molecule has 4 heteroatoms. The lowest BCUT2D eigenvalue weighted by Gasteiger charge is -2.17. The van der Waals surface area contributed by atoms with Gasteiger partial charge in [0.2, 0.25) is 5.95 Å². The van der Waals surface area contributed by atoms with Gasteiger partial charge < -0.3 is 0 Å². The van der Waals surface area contributed by atoms with Gasteiger partial charge in [-0.05, 0) is 52.3 Å². The number of benzene rings is 7. The molecule has 0 bridgehead atoms. The van der Waals surface area contributed by atoms with E-state index in [4.69, 9.17) is 9.97 Å². The fourth-order valence-corrected chi connectivity index (χ4v) is 9.53. The number of nitrogens with zero attached hydrogens (tertiary/aromatic N) is 3. The standard InChI is InChI=1S/C44H27N3S/c1-2-14-26(15-3-1)40-39-29-18-6-4-16-27(29)28-17-5-9-21-32(28)41(39)46-44(45-40)47-35-24-12-10-22-33(35)37-30-19-7-8-20-31(30)38-34-23-11-13-25-36(34)48-43(38)42(37)47/h1-6,8-18,20-25H,7,19H2. The van der Waals surface area contributed by atoms with Gasteiger partial charge in [0.05, 0.1) is 26.9 Å². The number of thiophene rings is 1. The predicted octanol–water partition coefficient (Wildman–Crippen LogP) is 12.0. The lowest BCUT2D eigenvalue weighted by atomic mass is 9.89. The van der Waals surface area contributed by atoms with Crippen LogP contribution in [-0.2, 0) is 6.42 Å². The Morgan fingerprint density at radius 2 is 1.23 bits per heavy atom. The number of fused-ring (bicyclic) bond motifs is 16. The second-order valence-electron chi connectivity index (χ2n) is 12.8. The van der Waals surface area contributed by atoms with Crippen molar-refractivity contribution in [1.82, 2.24) is 14.5 Å². The summed E-state index contributed by atoms with van der Waals surface area (Å²) in [5.41, 5.74) is 8.17. The molecule has 0 aliphatic heterocycles. The fraction of sp³-hybridized carbons (Fsp3) is 0.0455. The molecule has 1 aliphatic carbocycles. The third kappa shape index (κ3) is 3.47. The van der Waals surface area contributed by atoms with E-state index in [0.717, 1.165) is 45.9 Å². The maximum atomic E-state index is 5.60. The molecule has 0 spiro atoms. The van der Waals surface area contributed by atoms with E-state index >= 15 is 0 Å². The van der Waals surface area contributed by atoms with Crippen molar-refractivity contribution in [3.63, 3.8) is 0 Å². The summed E-state index contributed by atoms with van der Waals surface area (Å²) >= 11 is 1.89. The lowest BCUT2D eigenvalue weighted by Crippen LogP contribution is -2.05. The Bertz CT molecular complexity index is 3000. The molecule has 0 unspecified atom stereocenters. The zero-order valence-corrected chi connectivity index (χ0v) is 26.8. The van der Waals surface area contributed by atoms with Crippen molar-refractivity contribution in [3.8, 4) is 17.2 Å². The monoisotopic (exact) mass is 629 g/mol. The zero-order valence-electron chi connectivity index (χ0n) is 25.9. The summed E-state index contributed by atoms with van der Waals surface area (Å²) in [5, 5.41) is 11.1. The molecule has 1 aliphatic rings. The summed E-state index contributed by atoms with van der Waals surface area (Å²) in [5.74, 6) is 0.707. The molecule has 0 saturated carbocycles. The fourth-order valence-electron chi connectivity index (χ4n) is 8.27. The first kappa shape index (κ1) is 26.3. The van der Waals surface area contributed by atoms with Gasteiger partial charge in [0, 0.05) is 42.6 Å². The largest absolute Gasteiger partial charge is 0.276 e. The summed E-state index contributed by atoms with van der Waals surface area (Å²) in [6.45, 7) is 0. The Hall–Kier alpha value is -5.84. The average molecular weight is 630 g/mol. The third-order valence-corrected chi connectivity index (χ3v) is 11.4. The van der Waals surface area contributed by atoms with Crippen LogP contribution in [0.25, 0.3) is 97.7 Å². The minimum atomic E-state index is 0.707. The van der Waals surface area contributed by atoms with Crippen LogP contribution in [0.15, 0.2) is 133 Å². The van der Waals surface area contributed by atoms with Crippen molar-refractivity contribution in [2.45, 2.75) is 12.8 Å². The van der Waals surface area contributed by atoms with Crippen LogP contribution in [0.4, 0.5) is 0 Å². The van der Waals surface area contributed by atoms with Crippen LogP contribution >= 0.6 is 11.3 Å². The number of hydrogen-bond donors (Lipinski definition) is 0. The Kier molecular flexibility index (Phi) is 5.38. The Morgan fingerprint density at radius 3 is 2.06 bits per heavy atom. The van der Waals surface area contributed by atoms with Gasteiger partial charge in [-0.25, -0.2) is 9.97 Å². The first-order valence-corrected chi connectivity index (χ1v) is 17.4. The van der Waals surface area contributed by atoms with E-state index in [0.29, 0.717) is 5.95 Å². The third-order valence-electron chi connectivity index (χ3n) is 10.2. The van der Waals surface area contributed by atoms with Crippen molar-refractivity contribution in [2.24, 2.45) is 0 Å². The van der Waals surface area contributed by atoms with Gasteiger partial charge in [0.1, 0.15) is 0 Å². The van der Waals surface area contributed by atoms with Gasteiger partial charge in [-0.2, -0.15) is 0 Å². The van der Waals surface area contributed by atoms with Crippen LogP contribution in [0, 0.1) is 0 Å². The van der Waals surface area contributed by atoms with Crippen LogP contribution in [0.2, 0.25) is 0 Å². The lowest BCUT2D eigenvalue weighted by molar-refractivity contribution is 0.997. The summed E-state index contributed by atoms with van der Waals surface area (Å²) in [7, 11) is 0. The molecule has 3 aromatic heterocycles. The predicted molar refractivity (Wildman–Crippen MR) is 205 cm³/mol. The van der Waals surface area contributed by atoms with E-state index in [2.05, 4.69) is 144 Å². The number of hydrogen-bond acceptors (Lipinski definition) is 3. The SMILES string of the molecule is C1=Cc2c(c3c4ccccc4n(-c4nc(-c5ccccc5)c5c6ccccc6c6ccccc6c5n4)c3c3sc4ccccc4c23)CC1. The number of rotatable bonds is 2. The van der Waals surface area contributed by atoms with E-state index in [9.17, 15) is 0 Å². The highest BCUT2D eigenvalue weighted by atomic mass is 32.1. The molecule has 11 rings (SSSR count). The number of para-hydroxylation sites is 1. The smallest absolute Gasteiger partial charge is 0.235 e. The molecule has 0 amide bonds. The Balaban J connectivity index is 1.40. The topological polar surface area (TPSA) is 30.7 Å². The molecule has 0 radical (unpaired) electrons. The molecule has 0 saturated heterocycles. The molecular formula is C44H27N3S. The molecule has 0 N–H and O–H groups in total. The normalized spacial score (nSPS) is 13.2. The molecule has 3 nitrogen and oxygen atoms in total. The molecule has 7 aromatic carbocycles. The molecule has 0 fully saturated rings. The van der Waals surface area contributed by atoms with Crippen LogP contribution in [-0.4, -0.2) is 14.5 Å². The highest BCUT2D eigenvalue weighted by Crippen LogP contribution is 2.48. The highest BCUT2D eigenvalue weighted by Gasteiger charge is 2.27. The second kappa shape index (κ2) is 9.83. The average Bonchev–Trinajstić information content (AvgIpc) is 3.72. The zero-order chi connectivity index (χ0) is 31.3. The quantitative estimate of drug-likeness (QED) is 0.178. The number of allylic oxidation sites excluding steroid dienone is 1. The van der Waals surface area contributed by atoms with Crippen molar-refractivity contribution in [2.75, 3.05) is 0 Å². The summed E-state index contributed by atoms with van der Waals surface area (Å²) in [4.78, 5) is 11.2. The summed E-state index contributed by atoms with van der Waals surface area (Å²) < 4.78 is 4.97. The van der Waals surface area contributed by atoms with Crippen LogP contribution in [0.3, 0.4) is 0 Å². The number of aryl methyl sites for hydroxylation is 1. The van der Waals surface area contributed by atoms with E-state index in [1.807, 2.05) is 11.3 Å². The minimum Gasteiger partial charge on any atom is -0.276 e. The molecule has 48 heavy (non-hydrogen) atoms. The maximum Gasteiger partial charge on any atom is 0.235 e. The minimum absolute atomic E-state index is 0.707. The van der Waals surface area contributed by atoms with Gasteiger partial charge in [-0.15, -0.1) is 11.3 Å². The molecule has 10 aromatic rings. The Labute approximate surface area is 280 Å². The van der Waals surface area contributed by atoms with Crippen molar-refractivity contribution < 1.29 is 0 Å². The van der Waals surface area contributed by atoms with Crippen LogP contribution in [0.1, 0.15) is 17.5 Å². The van der Waals surface area contributed by atoms with Crippen LogP contribution in [0.5, 0.6) is 0 Å². The maximum absolute atomic E-state index is 5.60. The van der Waals surface area contributed by atoms with Gasteiger partial charge >= 0.3 is 0 Å².